The number of ether oxygens (including phenoxy) is 1. The molecule has 3 saturated heterocycles. The molecule has 21 nitrogen and oxygen atoms in total. The van der Waals surface area contributed by atoms with Gasteiger partial charge in [-0.25, -0.2) is 0 Å². The van der Waals surface area contributed by atoms with Gasteiger partial charge in [-0.1, -0.05) is 49.3 Å². The summed E-state index contributed by atoms with van der Waals surface area (Å²) < 4.78 is 17.3. The number of carbonyl (C=O) groups excluding carboxylic acids is 9. The summed E-state index contributed by atoms with van der Waals surface area (Å²) in [7, 11) is 4.28. The third-order valence-electron chi connectivity index (χ3n) is 29.8. The van der Waals surface area contributed by atoms with Crippen LogP contribution >= 0.6 is 0 Å². The number of aromatic nitrogens is 5. The van der Waals surface area contributed by atoms with Crippen molar-refractivity contribution in [2.45, 2.75) is 222 Å². The highest BCUT2D eigenvalue weighted by molar-refractivity contribution is 6.20. The van der Waals surface area contributed by atoms with Crippen molar-refractivity contribution in [2.75, 3.05) is 112 Å². The van der Waals surface area contributed by atoms with Crippen LogP contribution in [0, 0.1) is 5.92 Å². The molecule has 0 radical (unpaired) electrons. The molecule has 1 N–H and O–H groups in total. The zero-order valence-electron chi connectivity index (χ0n) is 83.7. The number of piperidine rings is 1. The van der Waals surface area contributed by atoms with Crippen molar-refractivity contribution < 1.29 is 53.0 Å². The Morgan fingerprint density at radius 2 is 0.664 bits per heavy atom. The third kappa shape index (κ3) is 23.9. The second-order valence-electron chi connectivity index (χ2n) is 39.4. The molecule has 21 heteroatoms. The summed E-state index contributed by atoms with van der Waals surface area (Å²) in [6.07, 6.45) is 12.7. The summed E-state index contributed by atoms with van der Waals surface area (Å²) in [4.78, 5) is 119. The number of morpholine rings is 1. The Kier molecular flexibility index (Phi) is 37.0. The first kappa shape index (κ1) is 109. The second-order valence-corrected chi connectivity index (χ2v) is 39.4. The number of allylic oxidation sites excluding steroid dienone is 1. The van der Waals surface area contributed by atoms with E-state index in [1.54, 1.807) is 55.4 Å². The van der Waals surface area contributed by atoms with E-state index in [9.17, 15) is 48.3 Å². The van der Waals surface area contributed by atoms with Gasteiger partial charge in [0.15, 0.2) is 52.0 Å². The van der Waals surface area contributed by atoms with Crippen molar-refractivity contribution in [3.05, 3.63) is 243 Å². The van der Waals surface area contributed by atoms with E-state index in [4.69, 9.17) is 4.74 Å². The lowest BCUT2D eigenvalue weighted by atomic mass is 9.97. The van der Waals surface area contributed by atoms with Gasteiger partial charge >= 0.3 is 0 Å². The molecule has 15 aromatic rings. The summed E-state index contributed by atoms with van der Waals surface area (Å²) in [5.41, 5.74) is 23.4. The summed E-state index contributed by atoms with van der Waals surface area (Å²) in [5.74, 6) is 1.14. The first-order valence-corrected chi connectivity index (χ1v) is 50.3. The van der Waals surface area contributed by atoms with E-state index >= 15 is 0 Å². The van der Waals surface area contributed by atoms with E-state index in [2.05, 4.69) is 125 Å². The molecule has 3 fully saturated rings. The highest BCUT2D eigenvalue weighted by Gasteiger charge is 2.31. The van der Waals surface area contributed by atoms with Crippen LogP contribution in [0.5, 0.6) is 0 Å². The quantitative estimate of drug-likeness (QED) is 0.0413. The maximum absolute atomic E-state index is 12.4. The molecule has 0 bridgehead atoms. The topological polar surface area (TPSA) is 224 Å². The van der Waals surface area contributed by atoms with Crippen LogP contribution in [-0.4, -0.2) is 223 Å². The van der Waals surface area contributed by atoms with Gasteiger partial charge in [-0.15, -0.1) is 0 Å². The van der Waals surface area contributed by atoms with Gasteiger partial charge in [0.25, 0.3) is 0 Å². The average molecular weight is 1930 g/mol. The van der Waals surface area contributed by atoms with Crippen LogP contribution in [0.25, 0.3) is 115 Å². The van der Waals surface area contributed by atoms with Gasteiger partial charge < -0.3 is 52.3 Å². The lowest BCUT2D eigenvalue weighted by Gasteiger charge is -2.31. The smallest absolute Gasteiger partial charge is 0.163 e. The number of hydrogen-bond donors (Lipinski definition) is 1. The molecular formula is C122H152N10O11. The van der Waals surface area contributed by atoms with Gasteiger partial charge in [0.05, 0.1) is 13.2 Å². The fourth-order valence-electron chi connectivity index (χ4n) is 21.6. The SMILES string of the molecule is C.C.C.C.C=C1CCc2c1ccc1c2c2c3c(ccc2n1CCN1CCOCC1)C(=O)CC3.CC(=O)c1ccc2c(c1)c1cc(C(C)=O)ccc1n2CCCN(C)C(C)C.CC(=O)c1ccc2c(c1)c1cc(C(C)=O)ccc1n2CCCN1CCCC(CO)C1.CC(=O)c1ccc2c(c1)c1cc(C(C)=O)ccc1n2CCCN1CCCC1.CCN(C)CCCn1c2ccc(C(C)=O)cc2c2cc(C(C)=O)ccc21. The second kappa shape index (κ2) is 48.4. The van der Waals surface area contributed by atoms with Crippen molar-refractivity contribution >= 4 is 167 Å². The number of Topliss-reactive ketones (excluding diaryl/α,β-unsaturated/α-hetero) is 9. The van der Waals surface area contributed by atoms with Gasteiger partial charge in [0.1, 0.15) is 0 Å². The van der Waals surface area contributed by atoms with Crippen molar-refractivity contribution in [3.8, 4) is 0 Å². The standard InChI is InChI=1S/C25H30N2O3.C25H26N2O2.C23H26N2O2.C23H28N2O2.C22H26N2O2.4CH4/c1-17(29)20-6-8-24-22(13-20)23-14-21(18(2)30)7-9-25(23)27(24)12-4-11-26-10-3-5-19(15-26)16-28;1-16-2-3-19-17(16)4-7-21-24(19)25-20-6-9-23(28)18(20)5-8-22(25)27(21)11-10-26-12-14-29-15-13-26;1-16(26)18-6-8-22-20(14-18)21-15-19(17(2)27)7-9-23(21)25(22)13-5-12-24-10-3-4-11-24;1-15(2)24(5)11-6-12-25-22-9-7-18(16(3)26)13-20(22)21-14-19(17(4)27)8-10-23(21)25;1-5-23(4)11-6-12-24-21-9-7-17(15(2)25)13-19(21)20-14-18(16(3)26)8-10-22(20)24;;;;/h6-9,13-14,19,28H,3-5,10-12,15-16H2,1-2H3;4-5,7-8H,1-3,6,9-15H2;6-9,14-15H,3-5,10-13H2,1-2H3;7-10,13-15H,6,11-12H2,1-5H3;7-10,13-14H,5-6,11-12H2,1-4H3;4*1H4. The summed E-state index contributed by atoms with van der Waals surface area (Å²) in [6, 6.07) is 56.5. The van der Waals surface area contributed by atoms with Crippen molar-refractivity contribution in [3.63, 3.8) is 0 Å². The number of aliphatic hydroxyl groups excluding tert-OH is 1. The predicted molar refractivity (Wildman–Crippen MR) is 593 cm³/mol. The number of rotatable bonds is 30. The number of aryl methyl sites for hydroxylation is 6. The summed E-state index contributed by atoms with van der Waals surface area (Å²) >= 11 is 0. The van der Waals surface area contributed by atoms with E-state index in [1.807, 2.05) is 133 Å². The highest BCUT2D eigenvalue weighted by atomic mass is 16.5. The summed E-state index contributed by atoms with van der Waals surface area (Å²) in [5, 5.41) is 20.5. The molecular weight excluding hydrogens is 1780 g/mol. The maximum Gasteiger partial charge on any atom is 0.163 e. The first-order chi connectivity index (χ1) is 66.9. The number of aliphatic hydroxyl groups is 1. The lowest BCUT2D eigenvalue weighted by Crippen LogP contribution is -2.38. The molecule has 8 heterocycles. The molecule has 10 aromatic carbocycles. The van der Waals surface area contributed by atoms with Crippen molar-refractivity contribution in [2.24, 2.45) is 5.92 Å². The van der Waals surface area contributed by atoms with E-state index in [-0.39, 0.29) is 82.6 Å². The fraction of sp³-hybridized carbons (Fsp3) is 0.418. The van der Waals surface area contributed by atoms with Crippen LogP contribution in [0.2, 0.25) is 0 Å². The van der Waals surface area contributed by atoms with E-state index in [0.717, 1.165) is 262 Å². The number of likely N-dealkylation sites (tertiary alicyclic amines) is 2. The Morgan fingerprint density at radius 1 is 0.364 bits per heavy atom. The molecule has 20 rings (SSSR count). The van der Waals surface area contributed by atoms with Gasteiger partial charge in [-0.2, -0.15) is 0 Å². The number of hydrogen-bond acceptors (Lipinski definition) is 16. The number of benzene rings is 10. The molecule has 0 amide bonds. The Bertz CT molecular complexity index is 6780. The normalized spacial score (nSPS) is 14.8. The van der Waals surface area contributed by atoms with E-state index < -0.39 is 0 Å². The summed E-state index contributed by atoms with van der Waals surface area (Å²) in [6.45, 7) is 42.9. The zero-order chi connectivity index (χ0) is 98.3. The minimum atomic E-state index is 0. The first-order valence-electron chi connectivity index (χ1n) is 50.3. The molecule has 2 aliphatic carbocycles. The lowest BCUT2D eigenvalue weighted by molar-refractivity contribution is 0.0366. The largest absolute Gasteiger partial charge is 0.396 e. The molecule has 0 saturated carbocycles. The van der Waals surface area contributed by atoms with Gasteiger partial charge in [0, 0.05) is 237 Å². The molecule has 5 aliphatic rings. The number of ketones is 9. The van der Waals surface area contributed by atoms with Gasteiger partial charge in [0.2, 0.25) is 0 Å². The van der Waals surface area contributed by atoms with Gasteiger partial charge in [-0.05, 0) is 398 Å². The predicted octanol–water partition coefficient (Wildman–Crippen LogP) is 25.2. The van der Waals surface area contributed by atoms with Crippen molar-refractivity contribution in [1.82, 2.24) is 47.3 Å². The number of carbonyl (C=O) groups is 9. The van der Waals surface area contributed by atoms with Crippen LogP contribution in [0.4, 0.5) is 0 Å². The molecule has 1 unspecified atom stereocenters. The molecule has 1 atom stereocenters. The Labute approximate surface area is 845 Å². The molecule has 143 heavy (non-hydrogen) atoms. The third-order valence-corrected chi connectivity index (χ3v) is 29.8. The Balaban J connectivity index is 0.000000159. The van der Waals surface area contributed by atoms with Crippen LogP contribution < -0.4 is 0 Å². The van der Waals surface area contributed by atoms with Gasteiger partial charge in [-0.3, -0.25) is 48.1 Å². The molecule has 0 spiro atoms. The van der Waals surface area contributed by atoms with Crippen LogP contribution in [0.15, 0.2) is 176 Å². The molecule has 5 aromatic heterocycles. The van der Waals surface area contributed by atoms with E-state index in [0.29, 0.717) is 68.7 Å². The van der Waals surface area contributed by atoms with E-state index in [1.165, 1.54) is 70.0 Å². The fourth-order valence-corrected chi connectivity index (χ4v) is 21.6. The highest BCUT2D eigenvalue weighted by Crippen LogP contribution is 2.45. The minimum absolute atomic E-state index is 0. The Hall–Kier alpha value is -12.3. The van der Waals surface area contributed by atoms with Crippen LogP contribution in [0.1, 0.15) is 280 Å². The average Bonchev–Trinajstić information content (AvgIpc) is 1.55. The molecule has 756 valence electrons. The monoisotopic (exact) mass is 1930 g/mol. The number of nitrogens with zero attached hydrogens (tertiary/aromatic N) is 10. The number of fused-ring (bicyclic) bond motifs is 19. The Morgan fingerprint density at radius 3 is 1.01 bits per heavy atom. The zero-order valence-corrected chi connectivity index (χ0v) is 83.7. The van der Waals surface area contributed by atoms with Crippen LogP contribution in [-0.2, 0) is 50.3 Å². The van der Waals surface area contributed by atoms with Crippen LogP contribution in [0.3, 0.4) is 0 Å². The molecule has 3 aliphatic heterocycles. The maximum atomic E-state index is 12.4. The minimum Gasteiger partial charge on any atom is -0.396 e. The van der Waals surface area contributed by atoms with Crippen molar-refractivity contribution in [1.29, 1.82) is 0 Å².